The van der Waals surface area contributed by atoms with E-state index in [2.05, 4.69) is 238 Å². The number of benzene rings is 9. The average molecular weight is 811 g/mol. The van der Waals surface area contributed by atoms with Crippen LogP contribution in [0, 0.1) is 0 Å². The standard InChI is InChI=1S/C60H46N2O/c1-59(2)49-24-10-8-20-48(49)56-51(59)26-16-28-53(56)61(43-37-33-40(34-38-43)45-22-14-23-47-46-19-9-13-30-55(46)63-58(45)47)42-35-31-39(32-36-42)44-21-15-29-54-57(44)60(3,4)50-25-11-12-27-52(50)62(54)41-17-6-5-7-18-41/h5-38H,1-4H3. The van der Waals surface area contributed by atoms with Crippen molar-refractivity contribution < 1.29 is 4.42 Å². The predicted molar refractivity (Wildman–Crippen MR) is 264 cm³/mol. The molecule has 0 amide bonds. The van der Waals surface area contributed by atoms with Crippen molar-refractivity contribution >= 4 is 56.1 Å². The second kappa shape index (κ2) is 14.0. The molecule has 2 heterocycles. The largest absolute Gasteiger partial charge is 0.455 e. The summed E-state index contributed by atoms with van der Waals surface area (Å²) in [6, 6.07) is 75.3. The monoisotopic (exact) mass is 810 g/mol. The molecule has 0 saturated heterocycles. The van der Waals surface area contributed by atoms with E-state index in [1.165, 1.54) is 61.6 Å². The van der Waals surface area contributed by atoms with E-state index in [4.69, 9.17) is 4.42 Å². The molecule has 0 unspecified atom stereocenters. The molecule has 63 heavy (non-hydrogen) atoms. The van der Waals surface area contributed by atoms with Gasteiger partial charge in [-0.15, -0.1) is 0 Å². The van der Waals surface area contributed by atoms with E-state index >= 15 is 0 Å². The van der Waals surface area contributed by atoms with E-state index in [0.29, 0.717) is 0 Å². The third-order valence-corrected chi connectivity index (χ3v) is 13.8. The van der Waals surface area contributed by atoms with Gasteiger partial charge < -0.3 is 14.2 Å². The van der Waals surface area contributed by atoms with Gasteiger partial charge in [0, 0.05) is 49.8 Å². The van der Waals surface area contributed by atoms with Crippen LogP contribution in [0.5, 0.6) is 0 Å². The summed E-state index contributed by atoms with van der Waals surface area (Å²) in [5.74, 6) is 0. The van der Waals surface area contributed by atoms with Crippen molar-refractivity contribution in [2.45, 2.75) is 38.5 Å². The minimum Gasteiger partial charge on any atom is -0.455 e. The Hall–Kier alpha value is -7.62. The molecule has 0 spiro atoms. The molecule has 0 radical (unpaired) electrons. The molecule has 0 bridgehead atoms. The first kappa shape index (κ1) is 37.2. The van der Waals surface area contributed by atoms with E-state index in [9.17, 15) is 0 Å². The van der Waals surface area contributed by atoms with Gasteiger partial charge in [-0.25, -0.2) is 0 Å². The molecule has 2 aliphatic rings. The lowest BCUT2D eigenvalue weighted by Crippen LogP contribution is -2.31. The fourth-order valence-electron chi connectivity index (χ4n) is 10.8. The lowest BCUT2D eigenvalue weighted by Gasteiger charge is -2.43. The third-order valence-electron chi connectivity index (χ3n) is 13.8. The topological polar surface area (TPSA) is 19.6 Å². The zero-order valence-corrected chi connectivity index (χ0v) is 35.9. The van der Waals surface area contributed by atoms with Gasteiger partial charge in [0.2, 0.25) is 0 Å². The molecule has 12 rings (SSSR count). The Bertz CT molecular complexity index is 3390. The van der Waals surface area contributed by atoms with Gasteiger partial charge in [-0.3, -0.25) is 0 Å². The maximum atomic E-state index is 6.49. The van der Waals surface area contributed by atoms with Crippen molar-refractivity contribution in [3.05, 3.63) is 229 Å². The zero-order valence-electron chi connectivity index (χ0n) is 35.9. The van der Waals surface area contributed by atoms with E-state index in [1.54, 1.807) is 0 Å². The first-order valence-corrected chi connectivity index (χ1v) is 22.0. The van der Waals surface area contributed by atoms with Crippen LogP contribution in [-0.2, 0) is 10.8 Å². The van der Waals surface area contributed by atoms with E-state index in [-0.39, 0.29) is 10.8 Å². The molecule has 0 saturated carbocycles. The molecule has 0 atom stereocenters. The number of rotatable bonds is 6. The van der Waals surface area contributed by atoms with E-state index < -0.39 is 0 Å². The van der Waals surface area contributed by atoms with Crippen LogP contribution in [0.15, 0.2) is 211 Å². The zero-order chi connectivity index (χ0) is 42.5. The van der Waals surface area contributed by atoms with Crippen molar-refractivity contribution in [3.63, 3.8) is 0 Å². The van der Waals surface area contributed by atoms with Gasteiger partial charge in [0.05, 0.1) is 17.1 Å². The number of nitrogens with zero attached hydrogens (tertiary/aromatic N) is 2. The van der Waals surface area contributed by atoms with Crippen LogP contribution in [0.3, 0.4) is 0 Å². The van der Waals surface area contributed by atoms with Crippen LogP contribution < -0.4 is 9.80 Å². The van der Waals surface area contributed by atoms with Gasteiger partial charge in [-0.05, 0) is 105 Å². The highest BCUT2D eigenvalue weighted by atomic mass is 16.3. The van der Waals surface area contributed by atoms with E-state index in [1.807, 2.05) is 6.07 Å². The molecule has 302 valence electrons. The summed E-state index contributed by atoms with van der Waals surface area (Å²) in [7, 11) is 0. The molecular weight excluding hydrogens is 765 g/mol. The molecular formula is C60H46N2O. The summed E-state index contributed by atoms with van der Waals surface area (Å²) in [4.78, 5) is 4.88. The van der Waals surface area contributed by atoms with Crippen molar-refractivity contribution in [1.82, 2.24) is 0 Å². The van der Waals surface area contributed by atoms with Gasteiger partial charge in [0.25, 0.3) is 0 Å². The molecule has 3 nitrogen and oxygen atoms in total. The van der Waals surface area contributed by atoms with Crippen LogP contribution in [0.25, 0.3) is 55.3 Å². The Morgan fingerprint density at radius 2 is 0.968 bits per heavy atom. The Kier molecular flexibility index (Phi) is 8.23. The average Bonchev–Trinajstić information content (AvgIpc) is 3.82. The number of furan rings is 1. The van der Waals surface area contributed by atoms with Crippen molar-refractivity contribution in [2.75, 3.05) is 9.80 Å². The third kappa shape index (κ3) is 5.59. The highest BCUT2D eigenvalue weighted by Crippen LogP contribution is 2.56. The number of hydrogen-bond donors (Lipinski definition) is 0. The van der Waals surface area contributed by atoms with Gasteiger partial charge >= 0.3 is 0 Å². The maximum Gasteiger partial charge on any atom is 0.143 e. The van der Waals surface area contributed by atoms with Crippen LogP contribution in [0.1, 0.15) is 49.9 Å². The second-order valence-electron chi connectivity index (χ2n) is 18.1. The Labute approximate surface area is 369 Å². The maximum absolute atomic E-state index is 6.49. The summed E-state index contributed by atoms with van der Waals surface area (Å²) in [6.07, 6.45) is 0. The number of para-hydroxylation sites is 4. The first-order valence-electron chi connectivity index (χ1n) is 22.0. The summed E-state index contributed by atoms with van der Waals surface area (Å²) < 4.78 is 6.49. The molecule has 1 aliphatic heterocycles. The van der Waals surface area contributed by atoms with Crippen LogP contribution in [0.4, 0.5) is 34.1 Å². The molecule has 1 aliphatic carbocycles. The fraction of sp³-hybridized carbons (Fsp3) is 0.100. The predicted octanol–water partition coefficient (Wildman–Crippen LogP) is 16.8. The van der Waals surface area contributed by atoms with E-state index in [0.717, 1.165) is 50.1 Å². The molecule has 3 heteroatoms. The summed E-state index contributed by atoms with van der Waals surface area (Å²) >= 11 is 0. The highest BCUT2D eigenvalue weighted by Gasteiger charge is 2.40. The molecule has 0 N–H and O–H groups in total. The molecule has 0 fully saturated rings. The summed E-state index contributed by atoms with van der Waals surface area (Å²) in [5, 5.41) is 2.27. The first-order chi connectivity index (χ1) is 30.8. The Balaban J connectivity index is 1.01. The summed E-state index contributed by atoms with van der Waals surface area (Å²) in [6.45, 7) is 9.46. The highest BCUT2D eigenvalue weighted by molar-refractivity contribution is 6.09. The Morgan fingerprint density at radius 3 is 1.75 bits per heavy atom. The second-order valence-corrected chi connectivity index (χ2v) is 18.1. The quantitative estimate of drug-likeness (QED) is 0.167. The van der Waals surface area contributed by atoms with Crippen LogP contribution in [0.2, 0.25) is 0 Å². The lowest BCUT2D eigenvalue weighted by molar-refractivity contribution is 0.633. The fourth-order valence-corrected chi connectivity index (χ4v) is 10.8. The number of anilines is 6. The molecule has 9 aromatic carbocycles. The normalized spacial score (nSPS) is 14.3. The SMILES string of the molecule is CC1(C)c2ccccc2-c2c(N(c3ccc(-c4cccc5c4C(C)(C)c4ccccc4N5c4ccccc4)cc3)c3ccc(-c4cccc5c4oc4ccccc45)cc3)cccc21. The van der Waals surface area contributed by atoms with Crippen molar-refractivity contribution in [3.8, 4) is 33.4 Å². The van der Waals surface area contributed by atoms with Gasteiger partial charge in [0.1, 0.15) is 11.2 Å². The number of hydrogen-bond acceptors (Lipinski definition) is 3. The summed E-state index contributed by atoms with van der Waals surface area (Å²) in [5.41, 5.74) is 21.0. The van der Waals surface area contributed by atoms with Gasteiger partial charge in [-0.2, -0.15) is 0 Å². The Morgan fingerprint density at radius 1 is 0.413 bits per heavy atom. The van der Waals surface area contributed by atoms with Crippen LogP contribution >= 0.6 is 0 Å². The number of fused-ring (bicyclic) bond motifs is 8. The lowest BCUT2D eigenvalue weighted by atomic mass is 9.71. The smallest absolute Gasteiger partial charge is 0.143 e. The minimum absolute atomic E-state index is 0.127. The van der Waals surface area contributed by atoms with Crippen molar-refractivity contribution in [1.29, 1.82) is 0 Å². The van der Waals surface area contributed by atoms with Crippen molar-refractivity contribution in [2.24, 2.45) is 0 Å². The molecule has 1 aromatic heterocycles. The minimum atomic E-state index is -0.238. The van der Waals surface area contributed by atoms with Gasteiger partial charge in [0.15, 0.2) is 0 Å². The van der Waals surface area contributed by atoms with Gasteiger partial charge in [-0.1, -0.05) is 173 Å². The molecule has 10 aromatic rings. The van der Waals surface area contributed by atoms with Crippen LogP contribution in [-0.4, -0.2) is 0 Å².